The summed E-state index contributed by atoms with van der Waals surface area (Å²) in [6, 6.07) is 0. The van der Waals surface area contributed by atoms with Crippen LogP contribution in [0.4, 0.5) is 0 Å². The molecule has 0 aromatic heterocycles. The Hall–Kier alpha value is -0.900. The van der Waals surface area contributed by atoms with Crippen LogP contribution in [0, 0.1) is 5.92 Å². The van der Waals surface area contributed by atoms with Gasteiger partial charge in [0.05, 0.1) is 6.61 Å². The number of carbonyl (C=O) groups is 2. The van der Waals surface area contributed by atoms with E-state index in [0.717, 1.165) is 12.8 Å². The summed E-state index contributed by atoms with van der Waals surface area (Å²) in [7, 11) is 0. The third kappa shape index (κ3) is 9.16. The molecule has 0 spiro atoms. The second-order valence-corrected chi connectivity index (χ2v) is 4.45. The first-order valence-electron chi connectivity index (χ1n) is 6.89. The summed E-state index contributed by atoms with van der Waals surface area (Å²) >= 11 is 0. The molecule has 0 bridgehead atoms. The first kappa shape index (κ1) is 17.1. The molecule has 0 amide bonds. The van der Waals surface area contributed by atoms with E-state index in [4.69, 9.17) is 9.47 Å². The van der Waals surface area contributed by atoms with E-state index in [1.54, 1.807) is 6.92 Å². The highest BCUT2D eigenvalue weighted by molar-refractivity contribution is 5.96. The Bertz CT molecular complexity index is 238. The molecule has 0 N–H and O–H groups in total. The van der Waals surface area contributed by atoms with E-state index in [9.17, 15) is 9.59 Å². The quantitative estimate of drug-likeness (QED) is 0.422. The number of hydrogen-bond donors (Lipinski definition) is 0. The Balaban J connectivity index is 3.68. The molecule has 0 saturated heterocycles. The molecular weight excluding hydrogens is 232 g/mol. The van der Waals surface area contributed by atoms with Crippen molar-refractivity contribution >= 4 is 11.8 Å². The van der Waals surface area contributed by atoms with Crippen LogP contribution in [0.1, 0.15) is 52.9 Å². The van der Waals surface area contributed by atoms with Crippen molar-refractivity contribution in [1.29, 1.82) is 0 Å². The van der Waals surface area contributed by atoms with Crippen molar-refractivity contribution in [2.75, 3.05) is 19.8 Å². The van der Waals surface area contributed by atoms with Crippen molar-refractivity contribution in [2.45, 2.75) is 52.9 Å². The summed E-state index contributed by atoms with van der Waals surface area (Å²) in [5.41, 5.74) is 0. The van der Waals surface area contributed by atoms with Crippen molar-refractivity contribution in [2.24, 2.45) is 5.92 Å². The van der Waals surface area contributed by atoms with Gasteiger partial charge in [-0.25, -0.2) is 0 Å². The van der Waals surface area contributed by atoms with Crippen LogP contribution in [0.3, 0.4) is 0 Å². The number of Topliss-reactive ketones (excluding diaryl/α,β-unsaturated/α-hetero) is 1. The maximum Gasteiger partial charge on any atom is 0.313 e. The van der Waals surface area contributed by atoms with E-state index in [-0.39, 0.29) is 18.8 Å². The third-order valence-electron chi connectivity index (χ3n) is 2.81. The van der Waals surface area contributed by atoms with E-state index in [1.807, 2.05) is 0 Å². The first-order valence-corrected chi connectivity index (χ1v) is 6.89. The Labute approximate surface area is 110 Å². The predicted octanol–water partition coefficient (Wildman–Crippen LogP) is 2.74. The highest BCUT2D eigenvalue weighted by Crippen LogP contribution is 2.12. The average molecular weight is 258 g/mol. The molecule has 0 fully saturated rings. The summed E-state index contributed by atoms with van der Waals surface area (Å²) in [5.74, 6) is -0.164. The van der Waals surface area contributed by atoms with Crippen molar-refractivity contribution < 1.29 is 19.1 Å². The van der Waals surface area contributed by atoms with Crippen LogP contribution in [0.15, 0.2) is 0 Å². The Morgan fingerprint density at radius 2 is 1.89 bits per heavy atom. The molecule has 0 saturated carbocycles. The number of ketones is 1. The smallest absolute Gasteiger partial charge is 0.313 e. The molecule has 106 valence electrons. The van der Waals surface area contributed by atoms with Crippen LogP contribution in [0.25, 0.3) is 0 Å². The SMILES string of the molecule is CCCCC(CC)COCC(=O)CC(=O)OCC. The average Bonchev–Trinajstić information content (AvgIpc) is 2.33. The Morgan fingerprint density at radius 1 is 1.17 bits per heavy atom. The summed E-state index contributed by atoms with van der Waals surface area (Å²) in [6.45, 7) is 6.94. The van der Waals surface area contributed by atoms with E-state index in [2.05, 4.69) is 13.8 Å². The number of carbonyl (C=O) groups excluding carboxylic acids is 2. The molecule has 0 aliphatic heterocycles. The Morgan fingerprint density at radius 3 is 2.44 bits per heavy atom. The number of hydrogen-bond acceptors (Lipinski definition) is 4. The van der Waals surface area contributed by atoms with Crippen molar-refractivity contribution in [3.05, 3.63) is 0 Å². The molecule has 4 heteroatoms. The van der Waals surface area contributed by atoms with Gasteiger partial charge in [-0.1, -0.05) is 33.1 Å². The Kier molecular flexibility index (Phi) is 10.6. The van der Waals surface area contributed by atoms with Gasteiger partial charge >= 0.3 is 5.97 Å². The van der Waals surface area contributed by atoms with Gasteiger partial charge in [0.1, 0.15) is 13.0 Å². The number of esters is 1. The zero-order valence-corrected chi connectivity index (χ0v) is 11.9. The van der Waals surface area contributed by atoms with Crippen LogP contribution < -0.4 is 0 Å². The molecule has 0 aliphatic rings. The normalized spacial score (nSPS) is 12.2. The zero-order chi connectivity index (χ0) is 13.8. The summed E-state index contributed by atoms with van der Waals surface area (Å²) in [6.07, 6.45) is 4.39. The first-order chi connectivity index (χ1) is 8.63. The largest absolute Gasteiger partial charge is 0.466 e. The zero-order valence-electron chi connectivity index (χ0n) is 11.9. The van der Waals surface area contributed by atoms with Gasteiger partial charge in [0.15, 0.2) is 5.78 Å². The monoisotopic (exact) mass is 258 g/mol. The van der Waals surface area contributed by atoms with E-state index in [0.29, 0.717) is 19.1 Å². The van der Waals surface area contributed by atoms with Crippen LogP contribution in [0.2, 0.25) is 0 Å². The number of ether oxygens (including phenoxy) is 2. The van der Waals surface area contributed by atoms with E-state index >= 15 is 0 Å². The van der Waals surface area contributed by atoms with Crippen LogP contribution in [-0.2, 0) is 19.1 Å². The molecule has 4 nitrogen and oxygen atoms in total. The summed E-state index contributed by atoms with van der Waals surface area (Å²) in [5, 5.41) is 0. The highest BCUT2D eigenvalue weighted by atomic mass is 16.5. The van der Waals surface area contributed by atoms with Gasteiger partial charge in [0.25, 0.3) is 0 Å². The lowest BCUT2D eigenvalue weighted by Crippen LogP contribution is -2.18. The van der Waals surface area contributed by atoms with Gasteiger partial charge in [0, 0.05) is 6.61 Å². The molecule has 0 radical (unpaired) electrons. The standard InChI is InChI=1S/C14H26O4/c1-4-7-8-12(5-2)10-17-11-13(15)9-14(16)18-6-3/h12H,4-11H2,1-3H3. The minimum Gasteiger partial charge on any atom is -0.466 e. The highest BCUT2D eigenvalue weighted by Gasteiger charge is 2.12. The fourth-order valence-corrected chi connectivity index (χ4v) is 1.66. The molecule has 0 aliphatic carbocycles. The lowest BCUT2D eigenvalue weighted by Gasteiger charge is -2.14. The number of unbranched alkanes of at least 4 members (excludes halogenated alkanes) is 1. The predicted molar refractivity (Wildman–Crippen MR) is 70.4 cm³/mol. The molecule has 18 heavy (non-hydrogen) atoms. The van der Waals surface area contributed by atoms with Crippen molar-refractivity contribution in [3.63, 3.8) is 0 Å². The van der Waals surface area contributed by atoms with Gasteiger partial charge in [-0.3, -0.25) is 9.59 Å². The van der Waals surface area contributed by atoms with Gasteiger partial charge in [0.2, 0.25) is 0 Å². The van der Waals surface area contributed by atoms with Crippen molar-refractivity contribution in [1.82, 2.24) is 0 Å². The van der Waals surface area contributed by atoms with E-state index < -0.39 is 5.97 Å². The van der Waals surface area contributed by atoms with Crippen LogP contribution in [0.5, 0.6) is 0 Å². The van der Waals surface area contributed by atoms with Crippen LogP contribution in [-0.4, -0.2) is 31.6 Å². The molecule has 0 rings (SSSR count). The van der Waals surface area contributed by atoms with Gasteiger partial charge in [-0.05, 0) is 19.3 Å². The molecule has 1 atom stereocenters. The van der Waals surface area contributed by atoms with Gasteiger partial charge < -0.3 is 9.47 Å². The maximum atomic E-state index is 11.4. The fourth-order valence-electron chi connectivity index (χ4n) is 1.66. The lowest BCUT2D eigenvalue weighted by molar-refractivity contribution is -0.146. The molecule has 0 heterocycles. The second-order valence-electron chi connectivity index (χ2n) is 4.45. The molecule has 1 unspecified atom stereocenters. The summed E-state index contributed by atoms with van der Waals surface area (Å²) < 4.78 is 10.1. The second kappa shape index (κ2) is 11.2. The van der Waals surface area contributed by atoms with Gasteiger partial charge in [-0.2, -0.15) is 0 Å². The minimum atomic E-state index is -0.468. The maximum absolute atomic E-state index is 11.4. The lowest BCUT2D eigenvalue weighted by atomic mass is 10.0. The molecular formula is C14H26O4. The van der Waals surface area contributed by atoms with Crippen LogP contribution >= 0.6 is 0 Å². The van der Waals surface area contributed by atoms with Crippen molar-refractivity contribution in [3.8, 4) is 0 Å². The number of rotatable bonds is 11. The molecule has 0 aromatic carbocycles. The van der Waals surface area contributed by atoms with Gasteiger partial charge in [-0.15, -0.1) is 0 Å². The summed E-state index contributed by atoms with van der Waals surface area (Å²) in [4.78, 5) is 22.4. The van der Waals surface area contributed by atoms with E-state index in [1.165, 1.54) is 12.8 Å². The molecule has 0 aromatic rings. The third-order valence-corrected chi connectivity index (χ3v) is 2.81. The fraction of sp³-hybridized carbons (Fsp3) is 0.857. The minimum absolute atomic E-state index is 0.0153. The topological polar surface area (TPSA) is 52.6 Å².